The predicted octanol–water partition coefficient (Wildman–Crippen LogP) is 5.61. The molecule has 8 heteroatoms. The quantitative estimate of drug-likeness (QED) is 0.315. The SMILES string of the molecule is COc1cccc(Nc2nnc(SCC(=O)Nc3ccccc3Cc3ccccc3)s2)c1. The molecule has 0 aliphatic rings. The van der Waals surface area contributed by atoms with E-state index in [9.17, 15) is 4.79 Å². The van der Waals surface area contributed by atoms with Gasteiger partial charge in [-0.15, -0.1) is 10.2 Å². The van der Waals surface area contributed by atoms with E-state index in [4.69, 9.17) is 4.74 Å². The molecule has 0 unspecified atom stereocenters. The molecule has 0 saturated carbocycles. The molecule has 1 heterocycles. The predicted molar refractivity (Wildman–Crippen MR) is 131 cm³/mol. The van der Waals surface area contributed by atoms with Gasteiger partial charge >= 0.3 is 0 Å². The molecule has 0 aliphatic heterocycles. The lowest BCUT2D eigenvalue weighted by molar-refractivity contribution is -0.113. The van der Waals surface area contributed by atoms with Crippen molar-refractivity contribution in [2.45, 2.75) is 10.8 Å². The molecule has 162 valence electrons. The Morgan fingerprint density at radius 3 is 2.66 bits per heavy atom. The molecular weight excluding hydrogens is 440 g/mol. The average Bonchev–Trinajstić information content (AvgIpc) is 3.27. The summed E-state index contributed by atoms with van der Waals surface area (Å²) in [5, 5.41) is 15.2. The average molecular weight is 463 g/mol. The van der Waals surface area contributed by atoms with Crippen molar-refractivity contribution in [3.8, 4) is 5.75 Å². The Morgan fingerprint density at radius 1 is 1.00 bits per heavy atom. The third kappa shape index (κ3) is 6.09. The van der Waals surface area contributed by atoms with Crippen molar-refractivity contribution in [1.82, 2.24) is 10.2 Å². The van der Waals surface area contributed by atoms with Crippen LogP contribution in [0, 0.1) is 0 Å². The number of aromatic nitrogens is 2. The molecule has 0 spiro atoms. The zero-order valence-electron chi connectivity index (χ0n) is 17.4. The number of methoxy groups -OCH3 is 1. The first-order valence-electron chi connectivity index (χ1n) is 9.98. The van der Waals surface area contributed by atoms with Gasteiger partial charge in [0.15, 0.2) is 4.34 Å². The van der Waals surface area contributed by atoms with Crippen LogP contribution in [0.15, 0.2) is 83.2 Å². The van der Waals surface area contributed by atoms with E-state index in [1.54, 1.807) is 7.11 Å². The van der Waals surface area contributed by atoms with Crippen molar-refractivity contribution in [2.24, 2.45) is 0 Å². The third-order valence-corrected chi connectivity index (χ3v) is 6.56. The van der Waals surface area contributed by atoms with Gasteiger partial charge in [0.05, 0.1) is 12.9 Å². The van der Waals surface area contributed by atoms with Gasteiger partial charge in [-0.2, -0.15) is 0 Å². The molecule has 0 bridgehead atoms. The Morgan fingerprint density at radius 2 is 1.81 bits per heavy atom. The van der Waals surface area contributed by atoms with Gasteiger partial charge in [-0.25, -0.2) is 0 Å². The number of para-hydroxylation sites is 1. The Hall–Kier alpha value is -3.36. The highest BCUT2D eigenvalue weighted by molar-refractivity contribution is 8.01. The Labute approximate surface area is 195 Å². The summed E-state index contributed by atoms with van der Waals surface area (Å²) in [5.41, 5.74) is 3.98. The van der Waals surface area contributed by atoms with E-state index >= 15 is 0 Å². The number of nitrogens with one attached hydrogen (secondary N) is 2. The summed E-state index contributed by atoms with van der Waals surface area (Å²) < 4.78 is 5.96. The minimum Gasteiger partial charge on any atom is -0.497 e. The highest BCUT2D eigenvalue weighted by Crippen LogP contribution is 2.29. The number of amides is 1. The van der Waals surface area contributed by atoms with E-state index in [0.717, 1.165) is 33.4 Å². The van der Waals surface area contributed by atoms with E-state index in [-0.39, 0.29) is 11.7 Å². The van der Waals surface area contributed by atoms with Crippen LogP contribution in [0.5, 0.6) is 5.75 Å². The summed E-state index contributed by atoms with van der Waals surface area (Å²) in [4.78, 5) is 12.6. The zero-order valence-corrected chi connectivity index (χ0v) is 19.1. The highest BCUT2D eigenvalue weighted by Gasteiger charge is 2.11. The lowest BCUT2D eigenvalue weighted by Gasteiger charge is -2.11. The van der Waals surface area contributed by atoms with Gasteiger partial charge in [0.25, 0.3) is 0 Å². The normalized spacial score (nSPS) is 10.5. The van der Waals surface area contributed by atoms with Crippen molar-refractivity contribution in [2.75, 3.05) is 23.5 Å². The van der Waals surface area contributed by atoms with Crippen LogP contribution in [-0.4, -0.2) is 29.0 Å². The first kappa shape index (κ1) is 21.9. The van der Waals surface area contributed by atoms with Gasteiger partial charge in [0.1, 0.15) is 5.75 Å². The molecule has 0 radical (unpaired) electrons. The molecule has 1 aromatic heterocycles. The van der Waals surface area contributed by atoms with Gasteiger partial charge in [-0.3, -0.25) is 4.79 Å². The van der Waals surface area contributed by atoms with Crippen LogP contribution in [0.4, 0.5) is 16.5 Å². The third-order valence-electron chi connectivity index (χ3n) is 4.58. The van der Waals surface area contributed by atoms with Crippen molar-refractivity contribution < 1.29 is 9.53 Å². The number of benzene rings is 3. The summed E-state index contributed by atoms with van der Waals surface area (Å²) in [6, 6.07) is 25.7. The fourth-order valence-corrected chi connectivity index (χ4v) is 4.64. The number of hydrogen-bond acceptors (Lipinski definition) is 7. The number of nitrogens with zero attached hydrogens (tertiary/aromatic N) is 2. The van der Waals surface area contributed by atoms with E-state index in [1.807, 2.05) is 66.7 Å². The van der Waals surface area contributed by atoms with Gasteiger partial charge in [-0.1, -0.05) is 77.7 Å². The first-order valence-corrected chi connectivity index (χ1v) is 11.8. The molecule has 4 aromatic rings. The molecule has 3 aromatic carbocycles. The molecule has 0 saturated heterocycles. The lowest BCUT2D eigenvalue weighted by Crippen LogP contribution is -2.15. The molecule has 0 aliphatic carbocycles. The summed E-state index contributed by atoms with van der Waals surface area (Å²) >= 11 is 2.77. The Balaban J connectivity index is 1.32. The smallest absolute Gasteiger partial charge is 0.234 e. The van der Waals surface area contributed by atoms with E-state index in [0.29, 0.717) is 5.13 Å². The largest absolute Gasteiger partial charge is 0.497 e. The maximum atomic E-state index is 12.6. The summed E-state index contributed by atoms with van der Waals surface area (Å²) in [6.07, 6.45) is 0.764. The summed E-state index contributed by atoms with van der Waals surface area (Å²) in [6.45, 7) is 0. The molecule has 2 N–H and O–H groups in total. The van der Waals surface area contributed by atoms with Gasteiger partial charge in [0, 0.05) is 17.4 Å². The van der Waals surface area contributed by atoms with Crippen LogP contribution in [0.3, 0.4) is 0 Å². The number of anilines is 3. The zero-order chi connectivity index (χ0) is 22.2. The maximum Gasteiger partial charge on any atom is 0.234 e. The molecule has 1 amide bonds. The van der Waals surface area contributed by atoms with E-state index < -0.39 is 0 Å². The second-order valence-corrected chi connectivity index (χ2v) is 9.09. The van der Waals surface area contributed by atoms with Crippen LogP contribution in [0.25, 0.3) is 0 Å². The van der Waals surface area contributed by atoms with Crippen molar-refractivity contribution in [3.63, 3.8) is 0 Å². The fraction of sp³-hybridized carbons (Fsp3) is 0.125. The van der Waals surface area contributed by atoms with Crippen molar-refractivity contribution in [1.29, 1.82) is 0 Å². The lowest BCUT2D eigenvalue weighted by atomic mass is 10.0. The second-order valence-electron chi connectivity index (χ2n) is 6.89. The fourth-order valence-electron chi connectivity index (χ4n) is 3.07. The van der Waals surface area contributed by atoms with E-state index in [1.165, 1.54) is 28.7 Å². The number of thioether (sulfide) groups is 1. The number of carbonyl (C=O) groups excluding carboxylic acids is 1. The van der Waals surface area contributed by atoms with Gasteiger partial charge in [-0.05, 0) is 35.7 Å². The Kier molecular flexibility index (Phi) is 7.37. The molecule has 4 rings (SSSR count). The van der Waals surface area contributed by atoms with Crippen molar-refractivity contribution >= 4 is 45.5 Å². The Bertz CT molecular complexity index is 1180. The highest BCUT2D eigenvalue weighted by atomic mass is 32.2. The molecule has 0 atom stereocenters. The topological polar surface area (TPSA) is 76.1 Å². The number of carbonyl (C=O) groups is 1. The second kappa shape index (κ2) is 10.8. The first-order chi connectivity index (χ1) is 15.7. The number of hydrogen-bond donors (Lipinski definition) is 2. The van der Waals surface area contributed by atoms with Crippen LogP contribution in [-0.2, 0) is 11.2 Å². The monoisotopic (exact) mass is 462 g/mol. The van der Waals surface area contributed by atoms with Crippen LogP contribution in [0.1, 0.15) is 11.1 Å². The maximum absolute atomic E-state index is 12.6. The van der Waals surface area contributed by atoms with Crippen LogP contribution >= 0.6 is 23.1 Å². The standard InChI is InChI=1S/C24H22N4O2S2/c1-30-20-12-7-11-19(15-20)25-23-27-28-24(32-23)31-16-22(29)26-21-13-6-5-10-18(21)14-17-8-3-2-4-9-17/h2-13,15H,14,16H2,1H3,(H,25,27)(H,26,29). The number of rotatable bonds is 9. The van der Waals surface area contributed by atoms with Gasteiger partial charge < -0.3 is 15.4 Å². The van der Waals surface area contributed by atoms with E-state index in [2.05, 4.69) is 33.0 Å². The summed E-state index contributed by atoms with van der Waals surface area (Å²) in [7, 11) is 1.63. The molecule has 32 heavy (non-hydrogen) atoms. The van der Waals surface area contributed by atoms with Gasteiger partial charge in [0.2, 0.25) is 11.0 Å². The minimum atomic E-state index is -0.0759. The molecule has 0 fully saturated rings. The molecule has 6 nitrogen and oxygen atoms in total. The van der Waals surface area contributed by atoms with Crippen molar-refractivity contribution in [3.05, 3.63) is 90.0 Å². The number of ether oxygens (including phenoxy) is 1. The van der Waals surface area contributed by atoms with Crippen LogP contribution < -0.4 is 15.4 Å². The van der Waals surface area contributed by atoms with Crippen LogP contribution in [0.2, 0.25) is 0 Å². The summed E-state index contributed by atoms with van der Waals surface area (Å²) in [5.74, 6) is 0.944. The molecular formula is C24H22N4O2S2. The minimum absolute atomic E-state index is 0.0759.